The van der Waals surface area contributed by atoms with Gasteiger partial charge >= 0.3 is 5.97 Å². The van der Waals surface area contributed by atoms with Crippen LogP contribution in [-0.2, 0) is 19.1 Å². The fourth-order valence-electron chi connectivity index (χ4n) is 3.30. The van der Waals surface area contributed by atoms with Gasteiger partial charge in [0.2, 0.25) is 0 Å². The molecule has 0 spiro atoms. The number of fused-ring (bicyclic) bond motifs is 2. The molecule has 8 heteroatoms. The molecule has 0 saturated heterocycles. The van der Waals surface area contributed by atoms with E-state index in [-0.39, 0.29) is 5.56 Å². The summed E-state index contributed by atoms with van der Waals surface area (Å²) in [6.07, 6.45) is 0. The highest BCUT2D eigenvalue weighted by atomic mass is 16.5. The Labute approximate surface area is 171 Å². The van der Waals surface area contributed by atoms with E-state index in [0.29, 0.717) is 17.0 Å². The van der Waals surface area contributed by atoms with E-state index in [1.165, 1.54) is 6.07 Å². The first-order chi connectivity index (χ1) is 14.4. The van der Waals surface area contributed by atoms with Crippen LogP contribution in [0.5, 0.6) is 0 Å². The maximum Gasteiger partial charge on any atom is 0.326 e. The van der Waals surface area contributed by atoms with E-state index in [4.69, 9.17) is 9.15 Å². The molecule has 0 unspecified atom stereocenters. The van der Waals surface area contributed by atoms with Crippen molar-refractivity contribution in [1.29, 1.82) is 0 Å². The Bertz CT molecular complexity index is 1130. The third kappa shape index (κ3) is 3.67. The zero-order valence-corrected chi connectivity index (χ0v) is 16.1. The number of furan rings is 1. The molecule has 1 atom stereocenters. The number of amides is 2. The first-order valence-electron chi connectivity index (χ1n) is 9.32. The third-order valence-corrected chi connectivity index (χ3v) is 4.78. The average molecular weight is 406 g/mol. The lowest BCUT2D eigenvalue weighted by molar-refractivity contribution is -0.147. The summed E-state index contributed by atoms with van der Waals surface area (Å²) in [6, 6.07) is 15.3. The van der Waals surface area contributed by atoms with Crippen molar-refractivity contribution in [3.05, 3.63) is 65.9 Å². The van der Waals surface area contributed by atoms with Crippen LogP contribution in [0, 0.1) is 0 Å². The number of Topliss-reactive ketones (excluding diaryl/α,β-unsaturated/α-hetero) is 1. The summed E-state index contributed by atoms with van der Waals surface area (Å²) in [6.45, 7) is 0.790. The summed E-state index contributed by atoms with van der Waals surface area (Å²) >= 11 is 0. The van der Waals surface area contributed by atoms with Gasteiger partial charge in [-0.3, -0.25) is 24.1 Å². The van der Waals surface area contributed by atoms with Gasteiger partial charge in [0.05, 0.1) is 17.3 Å². The molecule has 4 rings (SSSR count). The van der Waals surface area contributed by atoms with Gasteiger partial charge in [-0.2, -0.15) is 0 Å². The van der Waals surface area contributed by atoms with Crippen LogP contribution in [-0.4, -0.2) is 36.7 Å². The molecule has 0 fully saturated rings. The van der Waals surface area contributed by atoms with Gasteiger partial charge in [0.25, 0.3) is 17.6 Å². The van der Waals surface area contributed by atoms with E-state index in [2.05, 4.69) is 5.32 Å². The summed E-state index contributed by atoms with van der Waals surface area (Å²) in [5.74, 6) is -2.19. The molecule has 1 aliphatic heterocycles. The van der Waals surface area contributed by atoms with Crippen LogP contribution in [0.15, 0.2) is 59.0 Å². The molecule has 3 aromatic rings. The van der Waals surface area contributed by atoms with Crippen LogP contribution in [0.1, 0.15) is 29.1 Å². The number of rotatable bonds is 6. The number of hydrogen-bond donors (Lipinski definition) is 1. The molecule has 0 saturated carbocycles. The number of ether oxygens (including phenoxy) is 1. The molecule has 0 aliphatic carbocycles. The summed E-state index contributed by atoms with van der Waals surface area (Å²) in [5, 5.41) is 3.61. The van der Waals surface area contributed by atoms with Gasteiger partial charge in [-0.25, -0.2) is 0 Å². The Morgan fingerprint density at radius 2 is 1.83 bits per heavy atom. The molecule has 30 heavy (non-hydrogen) atoms. The largest absolute Gasteiger partial charge is 0.459 e. The second-order valence-corrected chi connectivity index (χ2v) is 6.87. The molecule has 2 heterocycles. The number of carbonyl (C=O) groups excluding carboxylic acids is 4. The van der Waals surface area contributed by atoms with Crippen molar-refractivity contribution in [3.8, 4) is 0 Å². The van der Waals surface area contributed by atoms with Gasteiger partial charge in [0.15, 0.2) is 6.61 Å². The predicted molar refractivity (Wildman–Crippen MR) is 107 cm³/mol. The lowest BCUT2D eigenvalue weighted by Crippen LogP contribution is -2.37. The molecule has 1 aromatic heterocycles. The van der Waals surface area contributed by atoms with Gasteiger partial charge in [0.1, 0.15) is 17.9 Å². The molecule has 0 bridgehead atoms. The average Bonchev–Trinajstić information content (AvgIpc) is 3.28. The van der Waals surface area contributed by atoms with E-state index in [1.54, 1.807) is 25.1 Å². The maximum atomic E-state index is 12.1. The summed E-state index contributed by atoms with van der Waals surface area (Å²) < 4.78 is 10.7. The number of anilines is 1. The summed E-state index contributed by atoms with van der Waals surface area (Å²) in [7, 11) is 0. The quantitative estimate of drug-likeness (QED) is 0.498. The SMILES string of the molecule is C[C@H](NC(=O)COC(=O)CN1C(=O)C(=O)c2ccccc21)c1cc2ccccc2o1. The number of carbonyl (C=O) groups is 4. The maximum absolute atomic E-state index is 12.1. The van der Waals surface area contributed by atoms with Crippen LogP contribution in [0.3, 0.4) is 0 Å². The van der Waals surface area contributed by atoms with E-state index < -0.39 is 42.8 Å². The van der Waals surface area contributed by atoms with Crippen LogP contribution < -0.4 is 10.2 Å². The highest BCUT2D eigenvalue weighted by molar-refractivity contribution is 6.52. The Kier molecular flexibility index (Phi) is 5.05. The monoisotopic (exact) mass is 406 g/mol. The second kappa shape index (κ2) is 7.82. The van der Waals surface area contributed by atoms with E-state index in [1.807, 2.05) is 30.3 Å². The summed E-state index contributed by atoms with van der Waals surface area (Å²) in [5.41, 5.74) is 1.31. The molecule has 1 aliphatic rings. The van der Waals surface area contributed by atoms with Crippen molar-refractivity contribution < 1.29 is 28.3 Å². The van der Waals surface area contributed by atoms with Crippen molar-refractivity contribution in [3.63, 3.8) is 0 Å². The lowest BCUT2D eigenvalue weighted by atomic mass is 10.1. The number of nitrogens with one attached hydrogen (secondary N) is 1. The standard InChI is InChI=1S/C22H18N2O6/c1-13(18-10-14-6-2-5-9-17(14)30-18)23-19(25)12-29-20(26)11-24-16-8-4-3-7-15(16)21(27)22(24)28/h2-10,13H,11-12H2,1H3,(H,23,25)/t13-/m0/s1. The zero-order chi connectivity index (χ0) is 21.3. The van der Waals surface area contributed by atoms with E-state index in [0.717, 1.165) is 10.3 Å². The number of esters is 1. The van der Waals surface area contributed by atoms with Gasteiger partial charge in [-0.05, 0) is 31.2 Å². The van der Waals surface area contributed by atoms with Gasteiger partial charge in [0, 0.05) is 5.39 Å². The first-order valence-corrected chi connectivity index (χ1v) is 9.32. The van der Waals surface area contributed by atoms with E-state index >= 15 is 0 Å². The number of benzene rings is 2. The molecule has 152 valence electrons. The van der Waals surface area contributed by atoms with Crippen LogP contribution >= 0.6 is 0 Å². The first kappa shape index (κ1) is 19.4. The molecule has 2 aromatic carbocycles. The topological polar surface area (TPSA) is 106 Å². The van der Waals surface area contributed by atoms with E-state index in [9.17, 15) is 19.2 Å². The highest BCUT2D eigenvalue weighted by Crippen LogP contribution is 2.28. The Morgan fingerprint density at radius 1 is 1.10 bits per heavy atom. The molecule has 1 N–H and O–H groups in total. The van der Waals surface area contributed by atoms with Gasteiger partial charge in [-0.15, -0.1) is 0 Å². The number of nitrogens with zero attached hydrogens (tertiary/aromatic N) is 1. The molecule has 0 radical (unpaired) electrons. The fourth-order valence-corrected chi connectivity index (χ4v) is 3.30. The van der Waals surface area contributed by atoms with Gasteiger partial charge < -0.3 is 14.5 Å². The van der Waals surface area contributed by atoms with Crippen molar-refractivity contribution >= 4 is 40.2 Å². The smallest absolute Gasteiger partial charge is 0.326 e. The third-order valence-electron chi connectivity index (χ3n) is 4.78. The fraction of sp³-hybridized carbons (Fsp3) is 0.182. The Morgan fingerprint density at radius 3 is 2.63 bits per heavy atom. The Balaban J connectivity index is 1.31. The second-order valence-electron chi connectivity index (χ2n) is 6.87. The van der Waals surface area contributed by atoms with Crippen LogP contribution in [0.25, 0.3) is 11.0 Å². The van der Waals surface area contributed by atoms with Crippen molar-refractivity contribution in [2.75, 3.05) is 18.1 Å². The molecule has 2 amide bonds. The molecule has 8 nitrogen and oxygen atoms in total. The molecular weight excluding hydrogens is 388 g/mol. The minimum atomic E-state index is -0.795. The van der Waals surface area contributed by atoms with Gasteiger partial charge in [-0.1, -0.05) is 30.3 Å². The lowest BCUT2D eigenvalue weighted by Gasteiger charge is -2.16. The predicted octanol–water partition coefficient (Wildman–Crippen LogP) is 2.38. The van der Waals surface area contributed by atoms with Crippen LogP contribution in [0.2, 0.25) is 0 Å². The van der Waals surface area contributed by atoms with Crippen molar-refractivity contribution in [2.24, 2.45) is 0 Å². The number of para-hydroxylation sites is 2. The molecular formula is C22H18N2O6. The minimum absolute atomic E-state index is 0.243. The Hall–Kier alpha value is -3.94. The van der Waals surface area contributed by atoms with Crippen molar-refractivity contribution in [1.82, 2.24) is 5.32 Å². The minimum Gasteiger partial charge on any atom is -0.459 e. The van der Waals surface area contributed by atoms with Crippen LogP contribution in [0.4, 0.5) is 5.69 Å². The zero-order valence-electron chi connectivity index (χ0n) is 16.1. The summed E-state index contributed by atoms with van der Waals surface area (Å²) in [4.78, 5) is 49.3. The number of hydrogen-bond acceptors (Lipinski definition) is 6. The highest BCUT2D eigenvalue weighted by Gasteiger charge is 2.36. The normalized spacial score (nSPS) is 14.0. The van der Waals surface area contributed by atoms with Crippen molar-refractivity contribution in [2.45, 2.75) is 13.0 Å². The number of ketones is 1.